The summed E-state index contributed by atoms with van der Waals surface area (Å²) < 4.78 is 0. The molecule has 3 aliphatic rings. The number of carbonyl (C=O) groups excluding carboxylic acids is 3. The molecular formula is C15H23N3O3. The Balaban J connectivity index is 1.87. The van der Waals surface area contributed by atoms with E-state index in [1.807, 2.05) is 7.05 Å². The lowest BCUT2D eigenvalue weighted by Gasteiger charge is -2.45. The number of barbiturate groups is 1. The van der Waals surface area contributed by atoms with E-state index in [4.69, 9.17) is 0 Å². The Morgan fingerprint density at radius 1 is 1.10 bits per heavy atom. The number of urea groups is 1. The summed E-state index contributed by atoms with van der Waals surface area (Å²) in [5.74, 6) is -0.631. The number of nitrogens with zero attached hydrogens (tertiary/aromatic N) is 2. The molecule has 2 aliphatic heterocycles. The summed E-state index contributed by atoms with van der Waals surface area (Å²) in [5, 5.41) is 2.44. The van der Waals surface area contributed by atoms with Crippen molar-refractivity contribution in [3.8, 4) is 0 Å². The second-order valence-electron chi connectivity index (χ2n) is 6.64. The lowest BCUT2D eigenvalue weighted by atomic mass is 9.71. The van der Waals surface area contributed by atoms with Crippen molar-refractivity contribution >= 4 is 17.8 Å². The summed E-state index contributed by atoms with van der Waals surface area (Å²) in [6.07, 6.45) is 5.76. The normalized spacial score (nSPS) is 30.6. The third-order valence-corrected chi connectivity index (χ3v) is 5.17. The Morgan fingerprint density at radius 3 is 2.48 bits per heavy atom. The zero-order valence-corrected chi connectivity index (χ0v) is 12.6. The van der Waals surface area contributed by atoms with Crippen LogP contribution in [0.5, 0.6) is 0 Å². The molecule has 0 aromatic rings. The minimum absolute atomic E-state index is 0.108. The molecule has 1 N–H and O–H groups in total. The van der Waals surface area contributed by atoms with Crippen LogP contribution in [-0.4, -0.2) is 53.8 Å². The van der Waals surface area contributed by atoms with E-state index in [1.54, 1.807) is 0 Å². The molecule has 1 saturated carbocycles. The molecule has 1 aliphatic carbocycles. The van der Waals surface area contributed by atoms with Gasteiger partial charge in [0.25, 0.3) is 0 Å². The van der Waals surface area contributed by atoms with Crippen LogP contribution < -0.4 is 5.32 Å². The van der Waals surface area contributed by atoms with Crippen LogP contribution in [0.3, 0.4) is 0 Å². The van der Waals surface area contributed by atoms with E-state index in [1.165, 1.54) is 4.90 Å². The van der Waals surface area contributed by atoms with Gasteiger partial charge in [0.05, 0.1) is 6.04 Å². The molecule has 2 heterocycles. The molecule has 0 radical (unpaired) electrons. The maximum Gasteiger partial charge on any atom is 0.331 e. The summed E-state index contributed by atoms with van der Waals surface area (Å²) in [6.45, 7) is 1.69. The Morgan fingerprint density at radius 2 is 1.81 bits per heavy atom. The zero-order valence-electron chi connectivity index (χ0n) is 12.6. The van der Waals surface area contributed by atoms with Crippen LogP contribution in [0.4, 0.5) is 4.79 Å². The highest BCUT2D eigenvalue weighted by molar-refractivity contribution is 6.19. The van der Waals surface area contributed by atoms with Crippen LogP contribution in [-0.2, 0) is 9.59 Å². The molecule has 1 atom stereocenters. The Labute approximate surface area is 124 Å². The molecule has 1 unspecified atom stereocenters. The van der Waals surface area contributed by atoms with Crippen molar-refractivity contribution in [1.82, 2.24) is 15.1 Å². The van der Waals surface area contributed by atoms with Gasteiger partial charge >= 0.3 is 6.03 Å². The van der Waals surface area contributed by atoms with Gasteiger partial charge in [-0.25, -0.2) is 4.79 Å². The third-order valence-electron chi connectivity index (χ3n) is 5.17. The van der Waals surface area contributed by atoms with Gasteiger partial charge < -0.3 is 4.90 Å². The predicted octanol–water partition coefficient (Wildman–Crippen LogP) is 1.11. The average molecular weight is 293 g/mol. The fraction of sp³-hybridized carbons (Fsp3) is 0.800. The number of rotatable bonds is 1. The molecule has 0 bridgehead atoms. The van der Waals surface area contributed by atoms with Gasteiger partial charge in [0.15, 0.2) is 0 Å². The van der Waals surface area contributed by atoms with E-state index < -0.39 is 11.4 Å². The molecule has 3 fully saturated rings. The monoisotopic (exact) mass is 293 g/mol. The number of hydrogen-bond acceptors (Lipinski definition) is 4. The minimum atomic E-state index is -0.984. The van der Waals surface area contributed by atoms with Gasteiger partial charge in [-0.1, -0.05) is 19.3 Å². The second-order valence-corrected chi connectivity index (χ2v) is 6.64. The molecule has 3 rings (SSSR count). The SMILES string of the molecule is CN1CCCC(N2C(=O)NC(=O)C3(CCCCC3)C2=O)C1. The summed E-state index contributed by atoms with van der Waals surface area (Å²) in [6, 6.07) is -0.635. The first-order valence-electron chi connectivity index (χ1n) is 7.92. The van der Waals surface area contributed by atoms with Crippen LogP contribution in [0.15, 0.2) is 0 Å². The van der Waals surface area contributed by atoms with E-state index in [0.29, 0.717) is 19.4 Å². The molecule has 4 amide bonds. The molecule has 0 aromatic heterocycles. The summed E-state index contributed by atoms with van der Waals surface area (Å²) in [7, 11) is 2.00. The molecule has 0 aromatic carbocycles. The Kier molecular flexibility index (Phi) is 3.73. The topological polar surface area (TPSA) is 69.7 Å². The molecule has 6 heteroatoms. The summed E-state index contributed by atoms with van der Waals surface area (Å²) in [5.41, 5.74) is -0.984. The van der Waals surface area contributed by atoms with Gasteiger partial charge in [-0.3, -0.25) is 19.8 Å². The lowest BCUT2D eigenvalue weighted by molar-refractivity contribution is -0.156. The molecule has 6 nitrogen and oxygen atoms in total. The van der Waals surface area contributed by atoms with Crippen molar-refractivity contribution in [2.24, 2.45) is 5.41 Å². The minimum Gasteiger partial charge on any atom is -0.304 e. The fourth-order valence-electron chi connectivity index (χ4n) is 3.97. The first-order valence-corrected chi connectivity index (χ1v) is 7.92. The van der Waals surface area contributed by atoms with Gasteiger partial charge in [-0.15, -0.1) is 0 Å². The van der Waals surface area contributed by atoms with Gasteiger partial charge in [-0.2, -0.15) is 0 Å². The van der Waals surface area contributed by atoms with Gasteiger partial charge in [-0.05, 0) is 39.3 Å². The highest BCUT2D eigenvalue weighted by Crippen LogP contribution is 2.41. The fourth-order valence-corrected chi connectivity index (χ4v) is 3.97. The molecule has 21 heavy (non-hydrogen) atoms. The molecule has 116 valence electrons. The van der Waals surface area contributed by atoms with Crippen LogP contribution in [0.1, 0.15) is 44.9 Å². The third kappa shape index (κ3) is 2.35. The van der Waals surface area contributed by atoms with Crippen LogP contribution in [0.25, 0.3) is 0 Å². The number of likely N-dealkylation sites (N-methyl/N-ethyl adjacent to an activating group) is 1. The van der Waals surface area contributed by atoms with Crippen molar-refractivity contribution in [2.45, 2.75) is 51.0 Å². The Hall–Kier alpha value is -1.43. The molecule has 1 spiro atoms. The summed E-state index contributed by atoms with van der Waals surface area (Å²) in [4.78, 5) is 40.9. The highest BCUT2D eigenvalue weighted by Gasteiger charge is 2.55. The van der Waals surface area contributed by atoms with Crippen molar-refractivity contribution < 1.29 is 14.4 Å². The van der Waals surface area contributed by atoms with Crippen molar-refractivity contribution in [3.63, 3.8) is 0 Å². The number of likely N-dealkylation sites (tertiary alicyclic amines) is 1. The summed E-state index contributed by atoms with van der Waals surface area (Å²) >= 11 is 0. The maximum atomic E-state index is 13.0. The van der Waals surface area contributed by atoms with E-state index in [-0.39, 0.29) is 17.9 Å². The second kappa shape index (κ2) is 5.40. The highest BCUT2D eigenvalue weighted by atomic mass is 16.2. The number of amides is 4. The lowest BCUT2D eigenvalue weighted by Crippen LogP contribution is -2.68. The van der Waals surface area contributed by atoms with Crippen molar-refractivity contribution in [1.29, 1.82) is 0 Å². The van der Waals surface area contributed by atoms with Gasteiger partial charge in [0.1, 0.15) is 5.41 Å². The molecule has 2 saturated heterocycles. The van der Waals surface area contributed by atoms with Crippen molar-refractivity contribution in [2.75, 3.05) is 20.1 Å². The van der Waals surface area contributed by atoms with Crippen LogP contribution >= 0.6 is 0 Å². The van der Waals surface area contributed by atoms with E-state index in [0.717, 1.165) is 38.6 Å². The number of carbonyl (C=O) groups is 3. The Bertz CT molecular complexity index is 471. The molecular weight excluding hydrogens is 270 g/mol. The van der Waals surface area contributed by atoms with E-state index in [2.05, 4.69) is 10.2 Å². The van der Waals surface area contributed by atoms with Gasteiger partial charge in [0.2, 0.25) is 11.8 Å². The standard InChI is InChI=1S/C15H23N3O3/c1-17-9-5-6-11(10-17)18-13(20)15(7-3-2-4-8-15)12(19)16-14(18)21/h11H,2-10H2,1H3,(H,16,19,21). The van der Waals surface area contributed by atoms with Gasteiger partial charge in [0, 0.05) is 6.54 Å². The maximum absolute atomic E-state index is 13.0. The smallest absolute Gasteiger partial charge is 0.304 e. The number of hydrogen-bond donors (Lipinski definition) is 1. The number of piperidine rings is 1. The van der Waals surface area contributed by atoms with Crippen LogP contribution in [0.2, 0.25) is 0 Å². The largest absolute Gasteiger partial charge is 0.331 e. The predicted molar refractivity (Wildman–Crippen MR) is 76.4 cm³/mol. The van der Waals surface area contributed by atoms with E-state index in [9.17, 15) is 14.4 Å². The average Bonchev–Trinajstić information content (AvgIpc) is 2.47. The number of nitrogens with one attached hydrogen (secondary N) is 1. The van der Waals surface area contributed by atoms with Crippen molar-refractivity contribution in [3.05, 3.63) is 0 Å². The number of imide groups is 2. The van der Waals surface area contributed by atoms with Crippen LogP contribution in [0, 0.1) is 5.41 Å². The first-order chi connectivity index (χ1) is 10.0. The quantitative estimate of drug-likeness (QED) is 0.735. The van der Waals surface area contributed by atoms with E-state index >= 15 is 0 Å². The first kappa shape index (κ1) is 14.5. The zero-order chi connectivity index (χ0) is 15.0.